The Kier molecular flexibility index (Phi) is 14.8. The van der Waals surface area contributed by atoms with Gasteiger partial charge in [-0.15, -0.1) is 12.3 Å². The van der Waals surface area contributed by atoms with Crippen LogP contribution in [0.1, 0.15) is 87.5 Å². The zero-order chi connectivity index (χ0) is 27.4. The molecule has 5 atom stereocenters. The Bertz CT molecular complexity index is 661. The molecular weight excluding hydrogens is 480 g/mol. The van der Waals surface area contributed by atoms with Crippen molar-refractivity contribution in [1.29, 1.82) is 0 Å². The van der Waals surface area contributed by atoms with Crippen molar-refractivity contribution in [1.82, 2.24) is 0 Å². The third-order valence-corrected chi connectivity index (χ3v) is 17.9. The van der Waals surface area contributed by atoms with Crippen molar-refractivity contribution in [2.45, 2.75) is 142 Å². The molecule has 0 saturated carbocycles. The summed E-state index contributed by atoms with van der Waals surface area (Å²) in [4.78, 5) is 0. The molecule has 1 aliphatic heterocycles. The Morgan fingerprint density at radius 1 is 1.03 bits per heavy atom. The van der Waals surface area contributed by atoms with Crippen molar-refractivity contribution >= 4 is 16.6 Å². The second-order valence-corrected chi connectivity index (χ2v) is 21.8. The summed E-state index contributed by atoms with van der Waals surface area (Å²) in [5, 5.41) is 0.144. The molecule has 0 aromatic rings. The van der Waals surface area contributed by atoms with E-state index in [1.807, 2.05) is 0 Å². The van der Waals surface area contributed by atoms with Gasteiger partial charge in [0, 0.05) is 18.9 Å². The molecule has 210 valence electrons. The lowest BCUT2D eigenvalue weighted by atomic mass is 9.86. The van der Waals surface area contributed by atoms with Crippen molar-refractivity contribution in [3.8, 4) is 12.3 Å². The van der Waals surface area contributed by atoms with Gasteiger partial charge in [-0.05, 0) is 67.9 Å². The summed E-state index contributed by atoms with van der Waals surface area (Å²) in [6.45, 7) is 24.6. The van der Waals surface area contributed by atoms with Gasteiger partial charge in [-0.1, -0.05) is 67.5 Å². The molecule has 0 amide bonds. The predicted octanol–water partition coefficient (Wildman–Crippen LogP) is 8.55. The minimum atomic E-state index is -1.98. The summed E-state index contributed by atoms with van der Waals surface area (Å²) < 4.78 is 25.7. The zero-order valence-corrected chi connectivity index (χ0v) is 27.3. The minimum Gasteiger partial charge on any atom is -0.413 e. The highest BCUT2D eigenvalue weighted by Crippen LogP contribution is 2.41. The van der Waals surface area contributed by atoms with E-state index in [0.29, 0.717) is 18.9 Å². The Labute approximate surface area is 226 Å². The molecule has 0 bridgehead atoms. The number of hydrogen-bond acceptors (Lipinski definition) is 4. The predicted molar refractivity (Wildman–Crippen MR) is 159 cm³/mol. The molecule has 1 heterocycles. The average molecular weight is 539 g/mol. The largest absolute Gasteiger partial charge is 0.413 e. The summed E-state index contributed by atoms with van der Waals surface area (Å²) in [6.07, 6.45) is 15.3. The summed E-state index contributed by atoms with van der Waals surface area (Å²) in [5.41, 5.74) is 0. The Morgan fingerprint density at radius 3 is 2.17 bits per heavy atom. The lowest BCUT2D eigenvalue weighted by molar-refractivity contribution is -0.155. The monoisotopic (exact) mass is 538 g/mol. The molecule has 1 saturated heterocycles. The smallest absolute Gasteiger partial charge is 0.192 e. The fourth-order valence-electron chi connectivity index (χ4n) is 4.76. The first-order valence-electron chi connectivity index (χ1n) is 14.5. The van der Waals surface area contributed by atoms with Crippen LogP contribution in [-0.4, -0.2) is 48.3 Å². The molecule has 0 spiro atoms. The van der Waals surface area contributed by atoms with Crippen LogP contribution in [0.5, 0.6) is 0 Å². The number of hydrogen-bond donors (Lipinski definition) is 0. The quantitative estimate of drug-likeness (QED) is 0.112. The van der Waals surface area contributed by atoms with Gasteiger partial charge >= 0.3 is 0 Å². The lowest BCUT2D eigenvalue weighted by Crippen LogP contribution is -2.51. The molecule has 0 aromatic heterocycles. The third kappa shape index (κ3) is 10.4. The van der Waals surface area contributed by atoms with Crippen LogP contribution in [0.15, 0.2) is 12.2 Å². The van der Waals surface area contributed by atoms with E-state index in [1.54, 1.807) is 0 Å². The van der Waals surface area contributed by atoms with E-state index in [9.17, 15) is 0 Å². The molecule has 1 rings (SSSR count). The fraction of sp³-hybridized carbons (Fsp3) is 0.867. The van der Waals surface area contributed by atoms with Gasteiger partial charge in [-0.25, -0.2) is 0 Å². The van der Waals surface area contributed by atoms with Crippen LogP contribution >= 0.6 is 0 Å². The van der Waals surface area contributed by atoms with Crippen LogP contribution < -0.4 is 0 Å². The molecule has 0 N–H and O–H groups in total. The van der Waals surface area contributed by atoms with Crippen LogP contribution in [0.25, 0.3) is 0 Å². The van der Waals surface area contributed by atoms with E-state index < -0.39 is 16.6 Å². The minimum absolute atomic E-state index is 0.0366. The summed E-state index contributed by atoms with van der Waals surface area (Å²) in [5.74, 6) is 3.50. The molecular formula is C30H58O4Si2. The molecule has 1 fully saturated rings. The van der Waals surface area contributed by atoms with E-state index in [-0.39, 0.29) is 29.5 Å². The van der Waals surface area contributed by atoms with Crippen LogP contribution in [0.4, 0.5) is 0 Å². The van der Waals surface area contributed by atoms with Crippen molar-refractivity contribution in [2.24, 2.45) is 11.8 Å². The van der Waals surface area contributed by atoms with Gasteiger partial charge in [0.25, 0.3) is 0 Å². The van der Waals surface area contributed by atoms with E-state index in [2.05, 4.69) is 86.6 Å². The number of terminal acetylenes is 1. The van der Waals surface area contributed by atoms with Crippen LogP contribution in [0.2, 0.25) is 36.3 Å². The maximum atomic E-state index is 7.14. The first-order valence-corrected chi connectivity index (χ1v) is 20.0. The van der Waals surface area contributed by atoms with Gasteiger partial charge in [0.15, 0.2) is 22.9 Å². The Balaban J connectivity index is 3.03. The standard InChI is InChI=1S/C30H58O4Si2/c1-12-20-27(33-36(13-2,14-3)15-4)26(6)29(34-35(10,11)30(7,8)9)25(5)21-16-18-23-31-28-22-17-19-24-32-28/h1,16,18,25-29H,13-15,17,19-24H2,2-11H3/b18-16-/t25-,26-,27+,28?,29-/m1/s1. The van der Waals surface area contributed by atoms with E-state index in [4.69, 9.17) is 24.7 Å². The maximum absolute atomic E-state index is 7.14. The number of allylic oxidation sites excluding steroid dienone is 1. The van der Waals surface area contributed by atoms with Gasteiger partial charge in [0.05, 0.1) is 18.8 Å². The second-order valence-electron chi connectivity index (χ2n) is 12.3. The van der Waals surface area contributed by atoms with Crippen molar-refractivity contribution in [3.63, 3.8) is 0 Å². The highest BCUT2D eigenvalue weighted by molar-refractivity contribution is 6.74. The van der Waals surface area contributed by atoms with E-state index >= 15 is 0 Å². The molecule has 1 aliphatic rings. The van der Waals surface area contributed by atoms with Crippen molar-refractivity contribution in [2.75, 3.05) is 13.2 Å². The van der Waals surface area contributed by atoms with Crippen molar-refractivity contribution < 1.29 is 18.3 Å². The SMILES string of the molecule is C#CC[C@H](O[Si](CC)(CC)CC)[C@@H](C)[C@H](O[Si](C)(C)C(C)(C)C)[C@H](C)C/C=C\COC1CCCCO1. The van der Waals surface area contributed by atoms with Gasteiger partial charge in [-0.3, -0.25) is 0 Å². The third-order valence-electron chi connectivity index (χ3n) is 8.75. The highest BCUT2D eigenvalue weighted by atomic mass is 28.4. The highest BCUT2D eigenvalue weighted by Gasteiger charge is 2.43. The molecule has 0 aromatic carbocycles. The molecule has 36 heavy (non-hydrogen) atoms. The normalized spacial score (nSPS) is 21.2. The molecule has 1 unspecified atom stereocenters. The van der Waals surface area contributed by atoms with Crippen molar-refractivity contribution in [3.05, 3.63) is 12.2 Å². The molecule has 4 nitrogen and oxygen atoms in total. The van der Waals surface area contributed by atoms with E-state index in [0.717, 1.165) is 44.0 Å². The molecule has 6 heteroatoms. The van der Waals surface area contributed by atoms with Crippen LogP contribution in [-0.2, 0) is 18.3 Å². The first-order chi connectivity index (χ1) is 16.9. The zero-order valence-electron chi connectivity index (χ0n) is 25.3. The average Bonchev–Trinajstić information content (AvgIpc) is 2.84. The maximum Gasteiger partial charge on any atom is 0.192 e. The summed E-state index contributed by atoms with van der Waals surface area (Å²) in [6, 6.07) is 3.39. The summed E-state index contributed by atoms with van der Waals surface area (Å²) in [7, 11) is -3.78. The van der Waals surface area contributed by atoms with Gasteiger partial charge in [-0.2, -0.15) is 0 Å². The topological polar surface area (TPSA) is 36.9 Å². The fourth-order valence-corrected chi connectivity index (χ4v) is 9.18. The van der Waals surface area contributed by atoms with Gasteiger partial charge in [0.2, 0.25) is 0 Å². The lowest BCUT2D eigenvalue weighted by Gasteiger charge is -2.45. The molecule has 0 radical (unpaired) electrons. The van der Waals surface area contributed by atoms with E-state index in [1.165, 1.54) is 6.42 Å². The number of rotatable bonds is 16. The Morgan fingerprint density at radius 2 is 1.67 bits per heavy atom. The number of ether oxygens (including phenoxy) is 2. The Hall–Kier alpha value is -0.426. The molecule has 0 aliphatic carbocycles. The first kappa shape index (κ1) is 33.6. The second kappa shape index (κ2) is 15.9. The van der Waals surface area contributed by atoms with Crippen LogP contribution in [0, 0.1) is 24.2 Å². The van der Waals surface area contributed by atoms with Gasteiger partial charge < -0.3 is 18.3 Å². The summed E-state index contributed by atoms with van der Waals surface area (Å²) >= 11 is 0. The van der Waals surface area contributed by atoms with Gasteiger partial charge in [0.1, 0.15) is 0 Å². The van der Waals surface area contributed by atoms with Crippen LogP contribution in [0.3, 0.4) is 0 Å².